The zero-order chi connectivity index (χ0) is 11.3. The van der Waals surface area contributed by atoms with Crippen molar-refractivity contribution in [1.82, 2.24) is 10.3 Å². The van der Waals surface area contributed by atoms with Crippen LogP contribution < -0.4 is 11.3 Å². The Morgan fingerprint density at radius 2 is 2.33 bits per heavy atom. The summed E-state index contributed by atoms with van der Waals surface area (Å²) >= 11 is 2.05. The van der Waals surface area contributed by atoms with Gasteiger partial charge in [-0.15, -0.1) is 0 Å². The van der Waals surface area contributed by atoms with Gasteiger partial charge in [0.05, 0.1) is 0 Å². The zero-order valence-electron chi connectivity index (χ0n) is 10.2. The van der Waals surface area contributed by atoms with Gasteiger partial charge in [0.2, 0.25) is 0 Å². The summed E-state index contributed by atoms with van der Waals surface area (Å²) in [7, 11) is 2.22. The van der Waals surface area contributed by atoms with Crippen molar-refractivity contribution in [2.75, 3.05) is 25.1 Å². The monoisotopic (exact) mass is 231 g/mol. The number of hydrazine groups is 1. The molecule has 0 aliphatic carbocycles. The summed E-state index contributed by atoms with van der Waals surface area (Å²) in [6.45, 7) is 5.73. The number of nitrogens with zero attached hydrogens (tertiary/aromatic N) is 1. The third-order valence-electron chi connectivity index (χ3n) is 3.41. The van der Waals surface area contributed by atoms with Crippen molar-refractivity contribution in [1.29, 1.82) is 0 Å². The third-order valence-corrected chi connectivity index (χ3v) is 4.46. The Hall–Kier alpha value is 0.230. The van der Waals surface area contributed by atoms with Gasteiger partial charge in [-0.2, -0.15) is 11.8 Å². The van der Waals surface area contributed by atoms with Crippen LogP contribution in [0.25, 0.3) is 0 Å². The molecule has 0 saturated carbocycles. The molecule has 0 aromatic rings. The fraction of sp³-hybridized carbons (Fsp3) is 1.00. The fourth-order valence-electron chi connectivity index (χ4n) is 2.37. The topological polar surface area (TPSA) is 41.3 Å². The van der Waals surface area contributed by atoms with Gasteiger partial charge in [0.15, 0.2) is 0 Å². The molecule has 0 aromatic heterocycles. The average molecular weight is 231 g/mol. The van der Waals surface area contributed by atoms with E-state index in [1.165, 1.54) is 30.9 Å². The fourth-order valence-corrected chi connectivity index (χ4v) is 3.66. The molecular formula is C11H25N3S. The number of nitrogens with two attached hydrogens (primary N) is 1. The Balaban J connectivity index is 2.54. The Morgan fingerprint density at radius 3 is 2.87 bits per heavy atom. The molecule has 1 saturated heterocycles. The van der Waals surface area contributed by atoms with Gasteiger partial charge in [0, 0.05) is 30.1 Å². The van der Waals surface area contributed by atoms with Gasteiger partial charge in [-0.25, -0.2) is 0 Å². The van der Waals surface area contributed by atoms with E-state index < -0.39 is 0 Å². The van der Waals surface area contributed by atoms with Crippen molar-refractivity contribution in [3.63, 3.8) is 0 Å². The van der Waals surface area contributed by atoms with Crippen molar-refractivity contribution in [2.45, 2.75) is 38.8 Å². The Labute approximate surface area is 98.1 Å². The molecule has 4 heteroatoms. The smallest absolute Gasteiger partial charge is 0.0399 e. The largest absolute Gasteiger partial charge is 0.300 e. The van der Waals surface area contributed by atoms with Crippen molar-refractivity contribution >= 4 is 11.8 Å². The van der Waals surface area contributed by atoms with Crippen molar-refractivity contribution in [3.05, 3.63) is 0 Å². The van der Waals surface area contributed by atoms with E-state index in [9.17, 15) is 0 Å². The van der Waals surface area contributed by atoms with Crippen molar-refractivity contribution < 1.29 is 0 Å². The molecule has 0 amide bonds. The Bertz CT molecular complexity index is 177. The van der Waals surface area contributed by atoms with Gasteiger partial charge in [0.25, 0.3) is 0 Å². The van der Waals surface area contributed by atoms with E-state index in [1.807, 2.05) is 11.8 Å². The first kappa shape index (κ1) is 13.3. The maximum atomic E-state index is 5.71. The lowest BCUT2D eigenvalue weighted by Gasteiger charge is -2.40. The molecule has 0 spiro atoms. The van der Waals surface area contributed by atoms with Crippen LogP contribution in [0.4, 0.5) is 0 Å². The first-order valence-electron chi connectivity index (χ1n) is 5.94. The first-order valence-corrected chi connectivity index (χ1v) is 7.10. The second-order valence-corrected chi connectivity index (χ2v) is 5.73. The van der Waals surface area contributed by atoms with Crippen LogP contribution in [0.1, 0.15) is 26.7 Å². The number of nitrogens with one attached hydrogen (secondary N) is 1. The van der Waals surface area contributed by atoms with E-state index in [-0.39, 0.29) is 0 Å². The van der Waals surface area contributed by atoms with Gasteiger partial charge in [-0.1, -0.05) is 20.3 Å². The summed E-state index contributed by atoms with van der Waals surface area (Å²) in [4.78, 5) is 2.45. The zero-order valence-corrected chi connectivity index (χ0v) is 11.0. The average Bonchev–Trinajstić information content (AvgIpc) is 2.22. The number of hydrogen-bond acceptors (Lipinski definition) is 4. The molecule has 1 aliphatic rings. The van der Waals surface area contributed by atoms with Gasteiger partial charge in [-0.3, -0.25) is 11.3 Å². The maximum absolute atomic E-state index is 5.71. The van der Waals surface area contributed by atoms with Crippen LogP contribution >= 0.6 is 11.8 Å². The minimum atomic E-state index is 0.433. The van der Waals surface area contributed by atoms with E-state index in [1.54, 1.807) is 0 Å². The second kappa shape index (κ2) is 6.74. The highest BCUT2D eigenvalue weighted by atomic mass is 32.2. The standard InChI is InChI=1S/C11H25N3S/c1-4-5-9(2)11(13-12)10-8-15-7-6-14(10)3/h9-11,13H,4-8,12H2,1-3H3. The van der Waals surface area contributed by atoms with E-state index in [4.69, 9.17) is 5.84 Å². The van der Waals surface area contributed by atoms with Crippen LogP contribution in [0.3, 0.4) is 0 Å². The Kier molecular flexibility index (Phi) is 5.97. The normalized spacial score (nSPS) is 27.6. The van der Waals surface area contributed by atoms with Gasteiger partial charge in [-0.05, 0) is 19.4 Å². The maximum Gasteiger partial charge on any atom is 0.0399 e. The number of rotatable bonds is 5. The van der Waals surface area contributed by atoms with Crippen LogP contribution in [-0.2, 0) is 0 Å². The summed E-state index contributed by atoms with van der Waals surface area (Å²) in [6.07, 6.45) is 2.49. The number of likely N-dealkylation sites (N-methyl/N-ethyl adjacent to an activating group) is 1. The van der Waals surface area contributed by atoms with Crippen LogP contribution in [0.5, 0.6) is 0 Å². The lowest BCUT2D eigenvalue weighted by molar-refractivity contribution is 0.175. The summed E-state index contributed by atoms with van der Waals surface area (Å²) in [5.41, 5.74) is 3.03. The highest BCUT2D eigenvalue weighted by Crippen LogP contribution is 2.23. The molecule has 0 radical (unpaired) electrons. The van der Waals surface area contributed by atoms with E-state index in [0.29, 0.717) is 18.0 Å². The predicted octanol–water partition coefficient (Wildman–Crippen LogP) is 1.30. The SMILES string of the molecule is CCCC(C)C(NN)C1CSCCN1C. The molecule has 90 valence electrons. The van der Waals surface area contributed by atoms with Crippen LogP contribution in [-0.4, -0.2) is 42.1 Å². The molecular weight excluding hydrogens is 206 g/mol. The molecule has 3 N–H and O–H groups in total. The summed E-state index contributed by atoms with van der Waals surface area (Å²) in [5.74, 6) is 8.83. The lowest BCUT2D eigenvalue weighted by Crippen LogP contribution is -2.57. The van der Waals surface area contributed by atoms with Gasteiger partial charge in [0.1, 0.15) is 0 Å². The quantitative estimate of drug-likeness (QED) is 0.553. The van der Waals surface area contributed by atoms with Crippen LogP contribution in [0, 0.1) is 5.92 Å². The molecule has 0 aromatic carbocycles. The van der Waals surface area contributed by atoms with E-state index in [2.05, 4.69) is 31.2 Å². The van der Waals surface area contributed by atoms with E-state index >= 15 is 0 Å². The summed E-state index contributed by atoms with van der Waals surface area (Å²) in [5, 5.41) is 0. The highest BCUT2D eigenvalue weighted by molar-refractivity contribution is 7.99. The van der Waals surface area contributed by atoms with Crippen LogP contribution in [0.2, 0.25) is 0 Å². The van der Waals surface area contributed by atoms with E-state index in [0.717, 1.165) is 0 Å². The van der Waals surface area contributed by atoms with Crippen molar-refractivity contribution in [2.24, 2.45) is 11.8 Å². The summed E-state index contributed by atoms with van der Waals surface area (Å²) in [6, 6.07) is 1.03. The Morgan fingerprint density at radius 1 is 1.60 bits per heavy atom. The molecule has 3 atom stereocenters. The van der Waals surface area contributed by atoms with Gasteiger partial charge >= 0.3 is 0 Å². The second-order valence-electron chi connectivity index (χ2n) is 4.58. The predicted molar refractivity (Wildman–Crippen MR) is 68.9 cm³/mol. The third kappa shape index (κ3) is 3.63. The number of thioether (sulfide) groups is 1. The van der Waals surface area contributed by atoms with Crippen molar-refractivity contribution in [3.8, 4) is 0 Å². The molecule has 1 fully saturated rings. The van der Waals surface area contributed by atoms with Gasteiger partial charge < -0.3 is 4.90 Å². The molecule has 1 aliphatic heterocycles. The lowest BCUT2D eigenvalue weighted by atomic mass is 9.91. The molecule has 3 unspecified atom stereocenters. The molecule has 0 bridgehead atoms. The summed E-state index contributed by atoms with van der Waals surface area (Å²) < 4.78 is 0. The first-order chi connectivity index (χ1) is 7.20. The number of hydrogen-bond donors (Lipinski definition) is 2. The molecule has 1 heterocycles. The highest BCUT2D eigenvalue weighted by Gasteiger charge is 2.30. The van der Waals surface area contributed by atoms with Crippen LogP contribution in [0.15, 0.2) is 0 Å². The minimum Gasteiger partial charge on any atom is -0.300 e. The molecule has 3 nitrogen and oxygen atoms in total. The molecule has 15 heavy (non-hydrogen) atoms. The molecule has 1 rings (SSSR count). The minimum absolute atomic E-state index is 0.433.